The third-order valence-corrected chi connectivity index (χ3v) is 4.97. The molecule has 1 aromatic heterocycles. The van der Waals surface area contributed by atoms with Crippen molar-refractivity contribution in [3.8, 4) is 5.75 Å². The minimum absolute atomic E-state index is 0.00206. The molecule has 0 saturated heterocycles. The lowest BCUT2D eigenvalue weighted by Crippen LogP contribution is -2.26. The Bertz CT molecular complexity index is 953. The summed E-state index contributed by atoms with van der Waals surface area (Å²) in [4.78, 5) is 27.5. The van der Waals surface area contributed by atoms with Crippen molar-refractivity contribution in [3.63, 3.8) is 0 Å². The SMILES string of the molecule is CCC(C)C(=Nc1ccc(OCCNCC(=O)O)cc1C)c1cc(C)c(=O)n(C)c1. The van der Waals surface area contributed by atoms with Crippen molar-refractivity contribution in [2.45, 2.75) is 34.1 Å². The van der Waals surface area contributed by atoms with E-state index in [1.54, 1.807) is 11.6 Å². The predicted octanol–water partition coefficient (Wildman–Crippen LogP) is 3.22. The Morgan fingerprint density at radius 3 is 2.60 bits per heavy atom. The normalized spacial score (nSPS) is 12.6. The van der Waals surface area contributed by atoms with Crippen LogP contribution in [0.4, 0.5) is 5.69 Å². The minimum Gasteiger partial charge on any atom is -0.492 e. The second-order valence-electron chi connectivity index (χ2n) is 7.50. The number of hydrogen-bond donors (Lipinski definition) is 2. The molecule has 30 heavy (non-hydrogen) atoms. The monoisotopic (exact) mass is 413 g/mol. The zero-order chi connectivity index (χ0) is 22.3. The van der Waals surface area contributed by atoms with Gasteiger partial charge in [0.25, 0.3) is 5.56 Å². The molecule has 2 rings (SSSR count). The Morgan fingerprint density at radius 1 is 1.27 bits per heavy atom. The van der Waals surface area contributed by atoms with Gasteiger partial charge in [0.1, 0.15) is 12.4 Å². The van der Waals surface area contributed by atoms with E-state index in [0.29, 0.717) is 24.5 Å². The number of hydrogen-bond acceptors (Lipinski definition) is 5. The molecule has 0 bridgehead atoms. The van der Waals surface area contributed by atoms with E-state index in [1.807, 2.05) is 44.3 Å². The van der Waals surface area contributed by atoms with E-state index in [-0.39, 0.29) is 18.0 Å². The van der Waals surface area contributed by atoms with Crippen LogP contribution in [-0.2, 0) is 11.8 Å². The molecule has 7 nitrogen and oxygen atoms in total. The van der Waals surface area contributed by atoms with E-state index in [0.717, 1.165) is 28.9 Å². The lowest BCUT2D eigenvalue weighted by atomic mass is 9.96. The van der Waals surface area contributed by atoms with E-state index in [4.69, 9.17) is 14.8 Å². The maximum atomic E-state index is 12.1. The zero-order valence-electron chi connectivity index (χ0n) is 18.4. The van der Waals surface area contributed by atoms with Gasteiger partial charge in [-0.2, -0.15) is 0 Å². The van der Waals surface area contributed by atoms with Gasteiger partial charge in [0.05, 0.1) is 17.9 Å². The van der Waals surface area contributed by atoms with Gasteiger partial charge in [0.2, 0.25) is 0 Å². The Kier molecular flexibility index (Phi) is 8.35. The number of nitrogens with one attached hydrogen (secondary N) is 1. The Balaban J connectivity index is 2.24. The van der Waals surface area contributed by atoms with Crippen LogP contribution in [0.3, 0.4) is 0 Å². The van der Waals surface area contributed by atoms with Gasteiger partial charge in [0, 0.05) is 30.9 Å². The summed E-state index contributed by atoms with van der Waals surface area (Å²) in [7, 11) is 1.76. The summed E-state index contributed by atoms with van der Waals surface area (Å²) < 4.78 is 7.29. The van der Waals surface area contributed by atoms with Crippen LogP contribution in [0.2, 0.25) is 0 Å². The molecule has 0 saturated carbocycles. The number of benzene rings is 1. The standard InChI is InChI=1S/C23H31N3O4/c1-6-15(2)22(18-11-17(4)23(29)26(5)14-18)25-20-8-7-19(12-16(20)3)30-10-9-24-13-21(27)28/h7-8,11-12,14-15,24H,6,9-10,13H2,1-5H3,(H,27,28). The summed E-state index contributed by atoms with van der Waals surface area (Å²) >= 11 is 0. The highest BCUT2D eigenvalue weighted by Gasteiger charge is 2.15. The molecule has 0 fully saturated rings. The fourth-order valence-electron chi connectivity index (χ4n) is 3.08. The number of aliphatic carboxylic acids is 1. The second kappa shape index (κ2) is 10.7. The van der Waals surface area contributed by atoms with Crippen molar-refractivity contribution < 1.29 is 14.6 Å². The van der Waals surface area contributed by atoms with E-state index in [1.165, 1.54) is 0 Å². The van der Waals surface area contributed by atoms with Crippen LogP contribution in [0.25, 0.3) is 0 Å². The molecule has 2 N–H and O–H groups in total. The molecular formula is C23H31N3O4. The summed E-state index contributed by atoms with van der Waals surface area (Å²) in [5.41, 5.74) is 4.43. The maximum absolute atomic E-state index is 12.1. The summed E-state index contributed by atoms with van der Waals surface area (Å²) in [6.45, 7) is 8.81. The number of carbonyl (C=O) groups is 1. The molecule has 7 heteroatoms. The molecular weight excluding hydrogens is 382 g/mol. The second-order valence-corrected chi connectivity index (χ2v) is 7.50. The Labute approximate surface area is 177 Å². The van der Waals surface area contributed by atoms with Gasteiger partial charge in [-0.3, -0.25) is 14.6 Å². The van der Waals surface area contributed by atoms with E-state index >= 15 is 0 Å². The van der Waals surface area contributed by atoms with Crippen LogP contribution >= 0.6 is 0 Å². The highest BCUT2D eigenvalue weighted by molar-refractivity contribution is 6.03. The lowest BCUT2D eigenvalue weighted by Gasteiger charge is -2.16. The van der Waals surface area contributed by atoms with E-state index in [9.17, 15) is 9.59 Å². The molecule has 0 aliphatic carbocycles. The van der Waals surface area contributed by atoms with Gasteiger partial charge in [0.15, 0.2) is 0 Å². The number of carboxylic acid groups (broad SMARTS) is 1. The van der Waals surface area contributed by atoms with Crippen LogP contribution in [0, 0.1) is 19.8 Å². The van der Waals surface area contributed by atoms with Gasteiger partial charge in [-0.15, -0.1) is 0 Å². The average molecular weight is 414 g/mol. The van der Waals surface area contributed by atoms with Crippen LogP contribution in [0.1, 0.15) is 37.0 Å². The first-order chi connectivity index (χ1) is 14.2. The van der Waals surface area contributed by atoms with Crippen molar-refractivity contribution in [1.29, 1.82) is 0 Å². The van der Waals surface area contributed by atoms with E-state index < -0.39 is 5.97 Å². The van der Waals surface area contributed by atoms with Gasteiger partial charge in [-0.25, -0.2) is 0 Å². The predicted molar refractivity (Wildman–Crippen MR) is 119 cm³/mol. The molecule has 2 aromatic rings. The Hall–Kier alpha value is -2.93. The first kappa shape index (κ1) is 23.3. The summed E-state index contributed by atoms with van der Waals surface area (Å²) in [5.74, 6) is 0.0583. The molecule has 0 amide bonds. The van der Waals surface area contributed by atoms with E-state index in [2.05, 4.69) is 19.2 Å². The quantitative estimate of drug-likeness (QED) is 0.461. The number of carboxylic acids is 1. The summed E-state index contributed by atoms with van der Waals surface area (Å²) in [5, 5.41) is 11.4. The van der Waals surface area contributed by atoms with Gasteiger partial charge in [-0.1, -0.05) is 13.8 Å². The number of pyridine rings is 1. The molecule has 1 heterocycles. The van der Waals surface area contributed by atoms with Crippen molar-refractivity contribution >= 4 is 17.4 Å². The Morgan fingerprint density at radius 2 is 2.00 bits per heavy atom. The molecule has 0 spiro atoms. The maximum Gasteiger partial charge on any atom is 0.317 e. The first-order valence-corrected chi connectivity index (χ1v) is 10.1. The molecule has 1 unspecified atom stereocenters. The number of nitrogens with zero attached hydrogens (tertiary/aromatic N) is 2. The van der Waals surface area contributed by atoms with Crippen LogP contribution in [0.5, 0.6) is 5.75 Å². The largest absolute Gasteiger partial charge is 0.492 e. The molecule has 0 aliphatic rings. The molecule has 162 valence electrons. The van der Waals surface area contributed by atoms with Gasteiger partial charge < -0.3 is 19.7 Å². The number of aryl methyl sites for hydroxylation is 3. The number of aliphatic imine (C=N–C) groups is 1. The van der Waals surface area contributed by atoms with Crippen molar-refractivity contribution in [2.75, 3.05) is 19.7 Å². The number of rotatable bonds is 10. The molecule has 1 aromatic carbocycles. The average Bonchev–Trinajstić information content (AvgIpc) is 2.70. The lowest BCUT2D eigenvalue weighted by molar-refractivity contribution is -0.135. The van der Waals surface area contributed by atoms with Crippen molar-refractivity contribution in [2.24, 2.45) is 18.0 Å². The molecule has 0 aliphatic heterocycles. The first-order valence-electron chi connectivity index (χ1n) is 10.1. The van der Waals surface area contributed by atoms with Crippen molar-refractivity contribution in [1.82, 2.24) is 9.88 Å². The van der Waals surface area contributed by atoms with Crippen molar-refractivity contribution in [3.05, 3.63) is 57.5 Å². The number of ether oxygens (including phenoxy) is 1. The zero-order valence-corrected chi connectivity index (χ0v) is 18.4. The third-order valence-electron chi connectivity index (χ3n) is 4.97. The fraction of sp³-hybridized carbons (Fsp3) is 0.435. The fourth-order valence-corrected chi connectivity index (χ4v) is 3.08. The van der Waals surface area contributed by atoms with Crippen LogP contribution in [0.15, 0.2) is 40.2 Å². The smallest absolute Gasteiger partial charge is 0.317 e. The van der Waals surface area contributed by atoms with Crippen LogP contribution < -0.4 is 15.6 Å². The van der Waals surface area contributed by atoms with Gasteiger partial charge >= 0.3 is 5.97 Å². The highest BCUT2D eigenvalue weighted by Crippen LogP contribution is 2.26. The third kappa shape index (κ3) is 6.29. The summed E-state index contributed by atoms with van der Waals surface area (Å²) in [6, 6.07) is 7.62. The van der Waals surface area contributed by atoms with Crippen LogP contribution in [-0.4, -0.2) is 41.1 Å². The highest BCUT2D eigenvalue weighted by atomic mass is 16.5. The molecule has 1 atom stereocenters. The number of aromatic nitrogens is 1. The summed E-state index contributed by atoms with van der Waals surface area (Å²) in [6.07, 6.45) is 2.78. The molecule has 0 radical (unpaired) electrons. The topological polar surface area (TPSA) is 92.9 Å². The minimum atomic E-state index is -0.890. The van der Waals surface area contributed by atoms with Gasteiger partial charge in [-0.05, 0) is 56.0 Å².